The predicted octanol–water partition coefficient (Wildman–Crippen LogP) is 4.13. The fourth-order valence-corrected chi connectivity index (χ4v) is 3.46. The van der Waals surface area contributed by atoms with Crippen molar-refractivity contribution in [3.05, 3.63) is 83.9 Å². The topological polar surface area (TPSA) is 108 Å². The summed E-state index contributed by atoms with van der Waals surface area (Å²) in [6.07, 6.45) is 0. The molecule has 3 aromatic rings. The molecule has 4 rings (SSSR count). The first-order valence-electron chi connectivity index (χ1n) is 10.8. The van der Waals surface area contributed by atoms with Crippen LogP contribution in [0.15, 0.2) is 72.8 Å². The molecule has 1 heterocycles. The summed E-state index contributed by atoms with van der Waals surface area (Å²) in [6.45, 7) is 3.54. The maximum Gasteiger partial charge on any atom is 0.258 e. The van der Waals surface area contributed by atoms with Gasteiger partial charge in [-0.2, -0.15) is 0 Å². The highest BCUT2D eigenvalue weighted by atomic mass is 16.2. The zero-order valence-electron chi connectivity index (χ0n) is 18.8. The molecule has 0 bridgehead atoms. The Bertz CT molecular complexity index is 1250. The largest absolute Gasteiger partial charge is 0.326 e. The van der Waals surface area contributed by atoms with Gasteiger partial charge in [-0.05, 0) is 60.7 Å². The summed E-state index contributed by atoms with van der Waals surface area (Å²) >= 11 is 0. The fraction of sp³-hybridized carbons (Fsp3) is 0.154. The molecule has 0 saturated carbocycles. The highest BCUT2D eigenvalue weighted by Crippen LogP contribution is 2.30. The standard InChI is InChI=1S/C26H24N4O4/c1-16(2)24(32)27-19-11-7-17(8-12-19)25(33)28-20-13-9-18(10-14-20)26(34)30-15-23(31)29-21-5-3-4-6-22(21)30/h3-14,16H,15H2,1-2H3,(H,27,32)(H,28,33)(H,29,31). The van der Waals surface area contributed by atoms with Gasteiger partial charge in [-0.15, -0.1) is 0 Å². The molecule has 1 aliphatic rings. The van der Waals surface area contributed by atoms with E-state index in [1.54, 1.807) is 86.6 Å². The molecule has 0 aliphatic carbocycles. The molecule has 3 N–H and O–H groups in total. The number of carbonyl (C=O) groups excluding carboxylic acids is 4. The van der Waals surface area contributed by atoms with Crippen LogP contribution in [0.1, 0.15) is 34.6 Å². The maximum atomic E-state index is 13.0. The van der Waals surface area contributed by atoms with E-state index in [0.29, 0.717) is 33.9 Å². The Labute approximate surface area is 197 Å². The number of hydrogen-bond donors (Lipinski definition) is 3. The van der Waals surface area contributed by atoms with Crippen molar-refractivity contribution in [2.45, 2.75) is 13.8 Å². The Hall–Kier alpha value is -4.46. The zero-order chi connectivity index (χ0) is 24.2. The molecule has 0 fully saturated rings. The van der Waals surface area contributed by atoms with E-state index in [9.17, 15) is 19.2 Å². The second-order valence-corrected chi connectivity index (χ2v) is 8.21. The van der Waals surface area contributed by atoms with E-state index in [1.807, 2.05) is 0 Å². The number of amides is 4. The van der Waals surface area contributed by atoms with E-state index in [1.165, 1.54) is 4.90 Å². The molecule has 172 valence electrons. The molecule has 0 atom stereocenters. The highest BCUT2D eigenvalue weighted by molar-refractivity contribution is 6.15. The van der Waals surface area contributed by atoms with Crippen LogP contribution in [0.5, 0.6) is 0 Å². The summed E-state index contributed by atoms with van der Waals surface area (Å²) in [5, 5.41) is 8.33. The SMILES string of the molecule is CC(C)C(=O)Nc1ccc(C(=O)Nc2ccc(C(=O)N3CC(=O)Nc4ccccc43)cc2)cc1. The van der Waals surface area contributed by atoms with Gasteiger partial charge in [0.15, 0.2) is 0 Å². The molecule has 1 aliphatic heterocycles. The minimum absolute atomic E-state index is 0.0675. The zero-order valence-corrected chi connectivity index (χ0v) is 18.8. The molecule has 0 radical (unpaired) electrons. The Morgan fingerprint density at radius 2 is 1.41 bits per heavy atom. The Morgan fingerprint density at radius 3 is 2.06 bits per heavy atom. The Balaban J connectivity index is 1.42. The molecule has 0 spiro atoms. The van der Waals surface area contributed by atoms with Crippen LogP contribution in [-0.4, -0.2) is 30.2 Å². The lowest BCUT2D eigenvalue weighted by Gasteiger charge is -2.29. The monoisotopic (exact) mass is 456 g/mol. The third-order valence-electron chi connectivity index (χ3n) is 5.34. The number of nitrogens with zero attached hydrogens (tertiary/aromatic N) is 1. The molecular formula is C26H24N4O4. The lowest BCUT2D eigenvalue weighted by Crippen LogP contribution is -2.42. The molecule has 4 amide bonds. The molecule has 8 heteroatoms. The van der Waals surface area contributed by atoms with Crippen LogP contribution in [0.25, 0.3) is 0 Å². The van der Waals surface area contributed by atoms with Crippen molar-refractivity contribution >= 4 is 46.4 Å². The molecule has 8 nitrogen and oxygen atoms in total. The molecule has 0 unspecified atom stereocenters. The number of fused-ring (bicyclic) bond motifs is 1. The average molecular weight is 457 g/mol. The Kier molecular flexibility index (Phi) is 6.40. The predicted molar refractivity (Wildman–Crippen MR) is 131 cm³/mol. The van der Waals surface area contributed by atoms with E-state index >= 15 is 0 Å². The van der Waals surface area contributed by atoms with Crippen molar-refractivity contribution in [1.82, 2.24) is 0 Å². The van der Waals surface area contributed by atoms with Crippen LogP contribution in [0.4, 0.5) is 22.7 Å². The molecular weight excluding hydrogens is 432 g/mol. The van der Waals surface area contributed by atoms with Crippen molar-refractivity contribution in [3.63, 3.8) is 0 Å². The van der Waals surface area contributed by atoms with Crippen LogP contribution < -0.4 is 20.9 Å². The first-order valence-corrected chi connectivity index (χ1v) is 10.8. The number of carbonyl (C=O) groups is 4. The van der Waals surface area contributed by atoms with E-state index in [4.69, 9.17) is 0 Å². The van der Waals surface area contributed by atoms with Crippen molar-refractivity contribution in [3.8, 4) is 0 Å². The van der Waals surface area contributed by atoms with Crippen LogP contribution in [0.3, 0.4) is 0 Å². The summed E-state index contributed by atoms with van der Waals surface area (Å²) in [7, 11) is 0. The molecule has 0 aromatic heterocycles. The molecule has 34 heavy (non-hydrogen) atoms. The van der Waals surface area contributed by atoms with Crippen LogP contribution in [-0.2, 0) is 9.59 Å². The van der Waals surface area contributed by atoms with Gasteiger partial charge in [0.2, 0.25) is 11.8 Å². The van der Waals surface area contributed by atoms with Crippen molar-refractivity contribution < 1.29 is 19.2 Å². The molecule has 0 saturated heterocycles. The second-order valence-electron chi connectivity index (χ2n) is 8.21. The third-order valence-corrected chi connectivity index (χ3v) is 5.34. The Morgan fingerprint density at radius 1 is 0.824 bits per heavy atom. The smallest absolute Gasteiger partial charge is 0.258 e. The number of nitrogens with one attached hydrogen (secondary N) is 3. The van der Waals surface area contributed by atoms with Crippen LogP contribution >= 0.6 is 0 Å². The number of anilines is 4. The van der Waals surface area contributed by atoms with Crippen molar-refractivity contribution in [2.24, 2.45) is 5.92 Å². The van der Waals surface area contributed by atoms with Gasteiger partial charge < -0.3 is 16.0 Å². The second kappa shape index (κ2) is 9.58. The van der Waals surface area contributed by atoms with Gasteiger partial charge in [-0.1, -0.05) is 26.0 Å². The van der Waals surface area contributed by atoms with Gasteiger partial charge in [0, 0.05) is 28.4 Å². The summed E-state index contributed by atoms with van der Waals surface area (Å²) in [6, 6.07) is 20.2. The van der Waals surface area contributed by atoms with E-state index in [0.717, 1.165) is 0 Å². The number of para-hydroxylation sites is 2. The fourth-order valence-electron chi connectivity index (χ4n) is 3.46. The average Bonchev–Trinajstić information content (AvgIpc) is 2.83. The maximum absolute atomic E-state index is 13.0. The van der Waals surface area contributed by atoms with E-state index in [-0.39, 0.29) is 36.1 Å². The lowest BCUT2D eigenvalue weighted by atomic mass is 10.1. The first-order chi connectivity index (χ1) is 16.3. The van der Waals surface area contributed by atoms with Gasteiger partial charge >= 0.3 is 0 Å². The highest BCUT2D eigenvalue weighted by Gasteiger charge is 2.27. The van der Waals surface area contributed by atoms with Gasteiger partial charge in [-0.3, -0.25) is 24.1 Å². The lowest BCUT2D eigenvalue weighted by molar-refractivity contribution is -0.119. The van der Waals surface area contributed by atoms with Gasteiger partial charge in [0.05, 0.1) is 11.4 Å². The van der Waals surface area contributed by atoms with Gasteiger partial charge in [0.25, 0.3) is 11.8 Å². The summed E-state index contributed by atoms with van der Waals surface area (Å²) < 4.78 is 0. The quantitative estimate of drug-likeness (QED) is 0.536. The van der Waals surface area contributed by atoms with E-state index < -0.39 is 0 Å². The number of hydrogen-bond acceptors (Lipinski definition) is 4. The minimum atomic E-state index is -0.317. The normalized spacial score (nSPS) is 12.6. The van der Waals surface area contributed by atoms with E-state index in [2.05, 4.69) is 16.0 Å². The van der Waals surface area contributed by atoms with Crippen LogP contribution in [0.2, 0.25) is 0 Å². The summed E-state index contributed by atoms with van der Waals surface area (Å²) in [5.41, 5.74) is 3.19. The van der Waals surface area contributed by atoms with Gasteiger partial charge in [0.1, 0.15) is 6.54 Å². The van der Waals surface area contributed by atoms with Gasteiger partial charge in [-0.25, -0.2) is 0 Å². The first kappa shape index (κ1) is 22.7. The number of rotatable bonds is 5. The molecule has 3 aromatic carbocycles. The third kappa shape index (κ3) is 4.96. The number of benzene rings is 3. The van der Waals surface area contributed by atoms with Crippen molar-refractivity contribution in [1.29, 1.82) is 0 Å². The summed E-state index contributed by atoms with van der Waals surface area (Å²) in [5.74, 6) is -1.12. The van der Waals surface area contributed by atoms with Crippen molar-refractivity contribution in [2.75, 3.05) is 27.4 Å². The summed E-state index contributed by atoms with van der Waals surface area (Å²) in [4.78, 5) is 50.9. The van der Waals surface area contributed by atoms with Crippen LogP contribution in [0, 0.1) is 5.92 Å². The minimum Gasteiger partial charge on any atom is -0.326 e.